The molecule has 0 amide bonds. The summed E-state index contributed by atoms with van der Waals surface area (Å²) in [5.41, 5.74) is -1.10. The van der Waals surface area contributed by atoms with Crippen LogP contribution in [0.15, 0.2) is 0 Å². The molecule has 0 radical (unpaired) electrons. The molecule has 0 spiro atoms. The summed E-state index contributed by atoms with van der Waals surface area (Å²) in [7, 11) is 0. The molecule has 2 atom stereocenters. The van der Waals surface area contributed by atoms with Crippen LogP contribution in [0.4, 0.5) is 13.2 Å². The second kappa shape index (κ2) is 6.84. The van der Waals surface area contributed by atoms with Gasteiger partial charge in [0.15, 0.2) is 0 Å². The molecular weight excluding hydrogens is 285 g/mol. The van der Waals surface area contributed by atoms with Crippen LogP contribution in [0.1, 0.15) is 53.9 Å². The van der Waals surface area contributed by atoms with E-state index in [0.29, 0.717) is 19.4 Å². The number of hydrogen-bond acceptors (Lipinski definition) is 3. The zero-order valence-electron chi connectivity index (χ0n) is 13.5. The van der Waals surface area contributed by atoms with E-state index in [1.165, 1.54) is 0 Å². The molecule has 126 valence electrons. The molecule has 2 unspecified atom stereocenters. The molecule has 1 saturated heterocycles. The van der Waals surface area contributed by atoms with Crippen LogP contribution in [-0.4, -0.2) is 42.8 Å². The van der Waals surface area contributed by atoms with Crippen molar-refractivity contribution >= 4 is 0 Å². The van der Waals surface area contributed by atoms with Gasteiger partial charge in [-0.2, -0.15) is 13.2 Å². The van der Waals surface area contributed by atoms with E-state index in [4.69, 9.17) is 14.2 Å². The van der Waals surface area contributed by atoms with Crippen LogP contribution in [-0.2, 0) is 14.2 Å². The van der Waals surface area contributed by atoms with Crippen molar-refractivity contribution in [2.45, 2.75) is 83.5 Å². The lowest BCUT2D eigenvalue weighted by molar-refractivity contribution is -0.208. The fourth-order valence-corrected chi connectivity index (χ4v) is 2.48. The van der Waals surface area contributed by atoms with Crippen LogP contribution >= 0.6 is 0 Å². The highest BCUT2D eigenvalue weighted by molar-refractivity contribution is 4.81. The molecule has 21 heavy (non-hydrogen) atoms. The van der Waals surface area contributed by atoms with Crippen LogP contribution in [0, 0.1) is 0 Å². The first-order valence-electron chi connectivity index (χ1n) is 7.36. The first-order valence-corrected chi connectivity index (χ1v) is 7.36. The molecular formula is C15H27F3O3. The lowest BCUT2D eigenvalue weighted by Gasteiger charge is -2.37. The SMILES string of the molecule is CC(C)(C)OC1CCOC(CC(C)(C)OCC(F)(F)F)C1. The second-order valence-electron chi connectivity index (χ2n) is 7.24. The van der Waals surface area contributed by atoms with Crippen molar-refractivity contribution in [2.24, 2.45) is 0 Å². The fourth-order valence-electron chi connectivity index (χ4n) is 2.48. The van der Waals surface area contributed by atoms with Gasteiger partial charge in [-0.15, -0.1) is 0 Å². The third-order valence-electron chi connectivity index (χ3n) is 3.19. The molecule has 0 aromatic carbocycles. The standard InChI is InChI=1S/C15H27F3O3/c1-13(2,3)21-11-6-7-19-12(8-11)9-14(4,5)20-10-15(16,17)18/h11-12H,6-10H2,1-5H3. The maximum absolute atomic E-state index is 12.2. The summed E-state index contributed by atoms with van der Waals surface area (Å²) in [5.74, 6) is 0. The van der Waals surface area contributed by atoms with Gasteiger partial charge >= 0.3 is 6.18 Å². The van der Waals surface area contributed by atoms with Gasteiger partial charge in [-0.1, -0.05) is 0 Å². The number of hydrogen-bond donors (Lipinski definition) is 0. The topological polar surface area (TPSA) is 27.7 Å². The predicted octanol–water partition coefficient (Wildman–Crippen LogP) is 4.10. The van der Waals surface area contributed by atoms with Crippen molar-refractivity contribution < 1.29 is 27.4 Å². The van der Waals surface area contributed by atoms with Gasteiger partial charge in [-0.05, 0) is 47.5 Å². The molecule has 1 heterocycles. The highest BCUT2D eigenvalue weighted by atomic mass is 19.4. The molecule has 1 fully saturated rings. The normalized spacial score (nSPS) is 25.1. The molecule has 1 aliphatic rings. The van der Waals surface area contributed by atoms with Gasteiger partial charge in [0.05, 0.1) is 23.4 Å². The first kappa shape index (κ1) is 18.7. The maximum Gasteiger partial charge on any atom is 0.411 e. The minimum Gasteiger partial charge on any atom is -0.378 e. The Kier molecular flexibility index (Phi) is 6.09. The number of ether oxygens (including phenoxy) is 3. The Labute approximate surface area is 125 Å². The molecule has 0 bridgehead atoms. The van der Waals surface area contributed by atoms with Crippen LogP contribution in [0.3, 0.4) is 0 Å². The third-order valence-corrected chi connectivity index (χ3v) is 3.19. The summed E-state index contributed by atoms with van der Waals surface area (Å²) in [4.78, 5) is 0. The van der Waals surface area contributed by atoms with Gasteiger partial charge in [0, 0.05) is 13.0 Å². The van der Waals surface area contributed by atoms with E-state index in [9.17, 15) is 13.2 Å². The van der Waals surface area contributed by atoms with Crippen molar-refractivity contribution in [2.75, 3.05) is 13.2 Å². The molecule has 0 aromatic heterocycles. The Bertz CT molecular complexity index is 321. The number of alkyl halides is 3. The van der Waals surface area contributed by atoms with Gasteiger partial charge in [-0.25, -0.2) is 0 Å². The van der Waals surface area contributed by atoms with Crippen molar-refractivity contribution in [1.82, 2.24) is 0 Å². The Morgan fingerprint density at radius 3 is 2.24 bits per heavy atom. The average Bonchev–Trinajstić information content (AvgIpc) is 2.23. The van der Waals surface area contributed by atoms with Crippen molar-refractivity contribution in [1.29, 1.82) is 0 Å². The molecule has 0 saturated carbocycles. The fraction of sp³-hybridized carbons (Fsp3) is 1.00. The zero-order valence-corrected chi connectivity index (χ0v) is 13.5. The summed E-state index contributed by atoms with van der Waals surface area (Å²) in [6.07, 6.45) is -2.42. The second-order valence-corrected chi connectivity index (χ2v) is 7.24. The lowest BCUT2D eigenvalue weighted by atomic mass is 9.94. The molecule has 1 aliphatic heterocycles. The largest absolute Gasteiger partial charge is 0.411 e. The highest BCUT2D eigenvalue weighted by Gasteiger charge is 2.35. The van der Waals surface area contributed by atoms with Gasteiger partial charge in [0.2, 0.25) is 0 Å². The van der Waals surface area contributed by atoms with Gasteiger partial charge in [0.1, 0.15) is 6.61 Å². The first-order chi connectivity index (χ1) is 9.36. The van der Waals surface area contributed by atoms with Crippen LogP contribution in [0.5, 0.6) is 0 Å². The summed E-state index contributed by atoms with van der Waals surface area (Å²) >= 11 is 0. The number of halogens is 3. The number of rotatable bonds is 5. The molecule has 0 aromatic rings. The smallest absolute Gasteiger partial charge is 0.378 e. The molecule has 1 rings (SSSR count). The third kappa shape index (κ3) is 8.63. The van der Waals surface area contributed by atoms with Crippen molar-refractivity contribution in [3.05, 3.63) is 0 Å². The predicted molar refractivity (Wildman–Crippen MR) is 74.3 cm³/mol. The monoisotopic (exact) mass is 312 g/mol. The highest BCUT2D eigenvalue weighted by Crippen LogP contribution is 2.29. The van der Waals surface area contributed by atoms with E-state index in [2.05, 4.69) is 0 Å². The maximum atomic E-state index is 12.2. The summed E-state index contributed by atoms with van der Waals surface area (Å²) in [5, 5.41) is 0. The van der Waals surface area contributed by atoms with E-state index in [0.717, 1.165) is 6.42 Å². The summed E-state index contributed by atoms with van der Waals surface area (Å²) < 4.78 is 53.3. The van der Waals surface area contributed by atoms with E-state index in [-0.39, 0.29) is 17.8 Å². The Morgan fingerprint density at radius 2 is 1.71 bits per heavy atom. The Morgan fingerprint density at radius 1 is 1.10 bits per heavy atom. The van der Waals surface area contributed by atoms with Gasteiger partial charge in [-0.3, -0.25) is 0 Å². The molecule has 6 heteroatoms. The van der Waals surface area contributed by atoms with Crippen molar-refractivity contribution in [3.8, 4) is 0 Å². The molecule has 0 N–H and O–H groups in total. The van der Waals surface area contributed by atoms with E-state index >= 15 is 0 Å². The molecule has 3 nitrogen and oxygen atoms in total. The minimum atomic E-state index is -4.30. The summed E-state index contributed by atoms with van der Waals surface area (Å²) in [6.45, 7) is 8.65. The van der Waals surface area contributed by atoms with E-state index in [1.54, 1.807) is 13.8 Å². The lowest BCUT2D eigenvalue weighted by Crippen LogP contribution is -2.40. The average molecular weight is 312 g/mol. The van der Waals surface area contributed by atoms with Gasteiger partial charge < -0.3 is 14.2 Å². The van der Waals surface area contributed by atoms with Crippen LogP contribution in [0.25, 0.3) is 0 Å². The van der Waals surface area contributed by atoms with Gasteiger partial charge in [0.25, 0.3) is 0 Å². The summed E-state index contributed by atoms with van der Waals surface area (Å²) in [6, 6.07) is 0. The Hall–Kier alpha value is -0.330. The quantitative estimate of drug-likeness (QED) is 0.765. The van der Waals surface area contributed by atoms with E-state index < -0.39 is 18.4 Å². The van der Waals surface area contributed by atoms with Crippen molar-refractivity contribution in [3.63, 3.8) is 0 Å². The zero-order chi connectivity index (χ0) is 16.3. The van der Waals surface area contributed by atoms with Crippen LogP contribution < -0.4 is 0 Å². The Balaban J connectivity index is 2.46. The minimum absolute atomic E-state index is 0.0853. The molecule has 0 aliphatic carbocycles. The van der Waals surface area contributed by atoms with E-state index in [1.807, 2.05) is 20.8 Å². The van der Waals surface area contributed by atoms with Crippen LogP contribution in [0.2, 0.25) is 0 Å².